The summed E-state index contributed by atoms with van der Waals surface area (Å²) in [7, 11) is 2.77. The molecule has 0 bridgehead atoms. The molecule has 1 aromatic heterocycles. The van der Waals surface area contributed by atoms with Gasteiger partial charge in [0, 0.05) is 19.8 Å². The van der Waals surface area contributed by atoms with E-state index in [1.807, 2.05) is 30.3 Å². The normalized spacial score (nSPS) is 11.7. The summed E-state index contributed by atoms with van der Waals surface area (Å²) in [6, 6.07) is 12.9. The van der Waals surface area contributed by atoms with Gasteiger partial charge in [-0.15, -0.1) is 11.8 Å². The molecule has 0 aliphatic rings. The first-order chi connectivity index (χ1) is 14.7. The standard InChI is InChI=1S/C22H21Cl2N3O3S/c1-4-13-5-8-15(9-6-13)25-19(31-12-14-7-10-16(23)17(24)11-14)18-20(28)26(2)22(30)27(3)21(18)29/h5-11,28H,4,12H2,1-3H3. The molecule has 3 aromatic rings. The fourth-order valence-corrected chi connectivity index (χ4v) is 4.18. The molecule has 0 spiro atoms. The molecule has 0 saturated heterocycles. The second-order valence-electron chi connectivity index (χ2n) is 6.88. The number of nitrogens with zero attached hydrogens (tertiary/aromatic N) is 3. The second kappa shape index (κ2) is 9.77. The molecule has 0 aliphatic heterocycles. The molecule has 162 valence electrons. The van der Waals surface area contributed by atoms with E-state index >= 15 is 0 Å². The van der Waals surface area contributed by atoms with Gasteiger partial charge in [-0.25, -0.2) is 9.79 Å². The van der Waals surface area contributed by atoms with Crippen molar-refractivity contribution in [1.29, 1.82) is 0 Å². The minimum absolute atomic E-state index is 0.0331. The van der Waals surface area contributed by atoms with Crippen LogP contribution < -0.4 is 11.2 Å². The van der Waals surface area contributed by atoms with Crippen molar-refractivity contribution in [3.05, 3.63) is 90.0 Å². The highest BCUT2D eigenvalue weighted by Gasteiger charge is 2.21. The Kier molecular flexibility index (Phi) is 7.30. The Labute approximate surface area is 193 Å². The lowest BCUT2D eigenvalue weighted by atomic mass is 10.1. The van der Waals surface area contributed by atoms with Crippen molar-refractivity contribution in [3.63, 3.8) is 0 Å². The number of thioether (sulfide) groups is 1. The number of hydrogen-bond donors (Lipinski definition) is 1. The van der Waals surface area contributed by atoms with Gasteiger partial charge in [-0.2, -0.15) is 0 Å². The maximum atomic E-state index is 12.9. The summed E-state index contributed by atoms with van der Waals surface area (Å²) in [5.74, 6) is -0.00699. The molecule has 3 rings (SSSR count). The van der Waals surface area contributed by atoms with Crippen LogP contribution in [0, 0.1) is 0 Å². The third-order valence-electron chi connectivity index (χ3n) is 4.78. The van der Waals surface area contributed by atoms with Gasteiger partial charge in [0.15, 0.2) is 0 Å². The molecule has 0 aliphatic carbocycles. The zero-order valence-electron chi connectivity index (χ0n) is 17.2. The van der Waals surface area contributed by atoms with Crippen LogP contribution in [0.5, 0.6) is 5.88 Å². The summed E-state index contributed by atoms with van der Waals surface area (Å²) in [6.07, 6.45) is 0.894. The predicted octanol–water partition coefficient (Wildman–Crippen LogP) is 4.67. The summed E-state index contributed by atoms with van der Waals surface area (Å²) in [4.78, 5) is 29.6. The van der Waals surface area contributed by atoms with Crippen LogP contribution in [0.2, 0.25) is 10.0 Å². The van der Waals surface area contributed by atoms with Crippen molar-refractivity contribution in [2.24, 2.45) is 19.1 Å². The number of benzene rings is 2. The van der Waals surface area contributed by atoms with Crippen LogP contribution >= 0.6 is 35.0 Å². The van der Waals surface area contributed by atoms with Crippen molar-refractivity contribution in [2.45, 2.75) is 19.1 Å². The highest BCUT2D eigenvalue weighted by Crippen LogP contribution is 2.28. The Hall–Kier alpha value is -2.48. The molecular weight excluding hydrogens is 457 g/mol. The molecule has 0 unspecified atom stereocenters. The van der Waals surface area contributed by atoms with E-state index in [2.05, 4.69) is 11.9 Å². The second-order valence-corrected chi connectivity index (χ2v) is 8.66. The minimum Gasteiger partial charge on any atom is -0.494 e. The SMILES string of the molecule is CCc1ccc(N=C(SCc2ccc(Cl)c(Cl)c2)c2c(O)n(C)c(=O)n(C)c2=O)cc1. The Balaban J connectivity index is 2.10. The first-order valence-corrected chi connectivity index (χ1v) is 11.2. The molecule has 0 radical (unpaired) electrons. The van der Waals surface area contributed by atoms with Crippen molar-refractivity contribution in [2.75, 3.05) is 0 Å². The van der Waals surface area contributed by atoms with Gasteiger partial charge in [-0.3, -0.25) is 13.9 Å². The predicted molar refractivity (Wildman–Crippen MR) is 128 cm³/mol. The average molecular weight is 478 g/mol. The molecule has 6 nitrogen and oxygen atoms in total. The number of rotatable bonds is 5. The monoisotopic (exact) mass is 477 g/mol. The smallest absolute Gasteiger partial charge is 0.333 e. The molecule has 1 N–H and O–H groups in total. The van der Waals surface area contributed by atoms with Gasteiger partial charge in [0.05, 0.1) is 15.7 Å². The van der Waals surface area contributed by atoms with E-state index in [0.29, 0.717) is 26.5 Å². The fraction of sp³-hybridized carbons (Fsp3) is 0.227. The molecule has 1 heterocycles. The lowest BCUT2D eigenvalue weighted by Gasteiger charge is -2.13. The van der Waals surface area contributed by atoms with Crippen LogP contribution in [0.1, 0.15) is 23.6 Å². The Bertz CT molecular complexity index is 1260. The minimum atomic E-state index is -0.619. The summed E-state index contributed by atoms with van der Waals surface area (Å²) in [5, 5.41) is 11.8. The highest BCUT2D eigenvalue weighted by molar-refractivity contribution is 8.13. The molecule has 9 heteroatoms. The van der Waals surface area contributed by atoms with Crippen LogP contribution in [0.25, 0.3) is 0 Å². The largest absolute Gasteiger partial charge is 0.494 e. The summed E-state index contributed by atoms with van der Waals surface area (Å²) >= 11 is 13.4. The maximum absolute atomic E-state index is 12.9. The van der Waals surface area contributed by atoms with Crippen molar-refractivity contribution >= 4 is 45.7 Å². The molecule has 0 fully saturated rings. The van der Waals surface area contributed by atoms with Gasteiger partial charge in [-0.05, 0) is 41.8 Å². The Morgan fingerprint density at radius 3 is 2.26 bits per heavy atom. The van der Waals surface area contributed by atoms with E-state index in [0.717, 1.165) is 26.7 Å². The van der Waals surface area contributed by atoms with Crippen LogP contribution in [0.3, 0.4) is 0 Å². The molecule has 0 saturated carbocycles. The van der Waals surface area contributed by atoms with E-state index in [9.17, 15) is 14.7 Å². The Morgan fingerprint density at radius 2 is 1.65 bits per heavy atom. The number of halogens is 2. The van der Waals surface area contributed by atoms with E-state index in [1.54, 1.807) is 12.1 Å². The van der Waals surface area contributed by atoms with Crippen LogP contribution in [-0.2, 0) is 26.3 Å². The molecule has 2 aromatic carbocycles. The molecular formula is C22H21Cl2N3O3S. The van der Waals surface area contributed by atoms with E-state index in [1.165, 1.54) is 25.9 Å². The van der Waals surface area contributed by atoms with Crippen LogP contribution in [-0.4, -0.2) is 19.3 Å². The van der Waals surface area contributed by atoms with Gasteiger partial charge in [0.1, 0.15) is 10.6 Å². The molecule has 0 atom stereocenters. The van der Waals surface area contributed by atoms with Crippen molar-refractivity contribution in [1.82, 2.24) is 9.13 Å². The number of aromatic hydroxyl groups is 1. The number of aromatic nitrogens is 2. The zero-order chi connectivity index (χ0) is 22.7. The number of hydrogen-bond acceptors (Lipinski definition) is 5. The lowest BCUT2D eigenvalue weighted by molar-refractivity contribution is 0.410. The van der Waals surface area contributed by atoms with Gasteiger partial charge >= 0.3 is 5.69 Å². The number of aliphatic imine (C=N–C) groups is 1. The summed E-state index contributed by atoms with van der Waals surface area (Å²) < 4.78 is 1.97. The quantitative estimate of drug-likeness (QED) is 0.427. The Morgan fingerprint density at radius 1 is 1.00 bits per heavy atom. The summed E-state index contributed by atoms with van der Waals surface area (Å²) in [5.41, 5.74) is 1.39. The van der Waals surface area contributed by atoms with Crippen molar-refractivity contribution in [3.8, 4) is 5.88 Å². The lowest BCUT2D eigenvalue weighted by Crippen LogP contribution is -2.39. The first-order valence-electron chi connectivity index (χ1n) is 9.46. The van der Waals surface area contributed by atoms with Gasteiger partial charge in [-0.1, -0.05) is 48.3 Å². The van der Waals surface area contributed by atoms with E-state index in [4.69, 9.17) is 23.2 Å². The third kappa shape index (κ3) is 5.06. The average Bonchev–Trinajstić information content (AvgIpc) is 2.77. The zero-order valence-corrected chi connectivity index (χ0v) is 19.6. The highest BCUT2D eigenvalue weighted by atomic mass is 35.5. The third-order valence-corrected chi connectivity index (χ3v) is 6.57. The van der Waals surface area contributed by atoms with Crippen LogP contribution in [0.4, 0.5) is 5.69 Å². The van der Waals surface area contributed by atoms with Crippen molar-refractivity contribution < 1.29 is 5.11 Å². The van der Waals surface area contributed by atoms with Gasteiger partial charge in [0.2, 0.25) is 5.88 Å². The first kappa shape index (κ1) is 23.2. The van der Waals surface area contributed by atoms with Gasteiger partial charge in [0.25, 0.3) is 5.56 Å². The molecule has 0 amide bonds. The van der Waals surface area contributed by atoms with E-state index in [-0.39, 0.29) is 5.56 Å². The van der Waals surface area contributed by atoms with E-state index < -0.39 is 17.1 Å². The topological polar surface area (TPSA) is 76.6 Å². The van der Waals surface area contributed by atoms with Gasteiger partial charge < -0.3 is 5.11 Å². The molecule has 31 heavy (non-hydrogen) atoms. The summed E-state index contributed by atoms with van der Waals surface area (Å²) in [6.45, 7) is 2.06. The number of aryl methyl sites for hydroxylation is 1. The fourth-order valence-electron chi connectivity index (χ4n) is 2.89. The van der Waals surface area contributed by atoms with Crippen LogP contribution in [0.15, 0.2) is 57.0 Å². The maximum Gasteiger partial charge on any atom is 0.333 e.